The Balaban J connectivity index is 2.13. The lowest BCUT2D eigenvalue weighted by atomic mass is 10.1. The minimum atomic E-state index is 0.495. The monoisotopic (exact) mass is 278 g/mol. The van der Waals surface area contributed by atoms with Crippen LogP contribution in [0.1, 0.15) is 21.5 Å². The van der Waals surface area contributed by atoms with Crippen LogP contribution in [0.3, 0.4) is 0 Å². The first-order chi connectivity index (χ1) is 10.2. The molecule has 2 aromatic heterocycles. The number of aromatic nitrogens is 4. The van der Waals surface area contributed by atoms with Crippen LogP contribution in [-0.2, 0) is 0 Å². The molecule has 0 aliphatic rings. The van der Waals surface area contributed by atoms with Gasteiger partial charge in [0.2, 0.25) is 0 Å². The lowest BCUT2D eigenvalue weighted by Crippen LogP contribution is -1.96. The Labute approximate surface area is 122 Å². The van der Waals surface area contributed by atoms with E-state index in [1.165, 1.54) is 0 Å². The van der Waals surface area contributed by atoms with Gasteiger partial charge in [0, 0.05) is 18.6 Å². The first-order valence-corrected chi connectivity index (χ1v) is 6.57. The molecule has 0 saturated heterocycles. The maximum atomic E-state index is 11.3. The summed E-state index contributed by atoms with van der Waals surface area (Å²) in [6, 6.07) is 6.14. The van der Waals surface area contributed by atoms with E-state index in [0.29, 0.717) is 17.0 Å². The van der Waals surface area contributed by atoms with E-state index >= 15 is 0 Å². The molecule has 0 fully saturated rings. The molecule has 0 aliphatic heterocycles. The third-order valence-electron chi connectivity index (χ3n) is 3.15. The maximum absolute atomic E-state index is 11.3. The lowest BCUT2D eigenvalue weighted by Gasteiger charge is -2.04. The van der Waals surface area contributed by atoms with Crippen LogP contribution < -0.4 is 0 Å². The lowest BCUT2D eigenvalue weighted by molar-refractivity contribution is 0.112. The molecule has 0 radical (unpaired) electrons. The summed E-state index contributed by atoms with van der Waals surface area (Å²) < 4.78 is 1.70. The molecule has 0 aliphatic carbocycles. The van der Waals surface area contributed by atoms with Crippen molar-refractivity contribution in [3.63, 3.8) is 0 Å². The largest absolute Gasteiger partial charge is 0.298 e. The zero-order valence-electron chi connectivity index (χ0n) is 11.8. The second-order valence-corrected chi connectivity index (χ2v) is 4.93. The average molecular weight is 278 g/mol. The molecular formula is C16H14N4O. The zero-order valence-corrected chi connectivity index (χ0v) is 11.8. The number of benzene rings is 1. The zero-order chi connectivity index (χ0) is 14.8. The summed E-state index contributed by atoms with van der Waals surface area (Å²) in [5.41, 5.74) is 4.84. The number of carbonyl (C=O) groups excluding carboxylic acids is 1. The van der Waals surface area contributed by atoms with Crippen molar-refractivity contribution in [3.8, 4) is 17.1 Å². The number of aldehydes is 1. The highest BCUT2D eigenvalue weighted by Gasteiger charge is 2.13. The molecule has 0 atom stereocenters. The van der Waals surface area contributed by atoms with Gasteiger partial charge in [-0.3, -0.25) is 14.8 Å². The van der Waals surface area contributed by atoms with Crippen LogP contribution in [0.2, 0.25) is 0 Å². The third kappa shape index (κ3) is 2.58. The average Bonchev–Trinajstić information content (AvgIpc) is 2.91. The second kappa shape index (κ2) is 5.28. The van der Waals surface area contributed by atoms with Crippen molar-refractivity contribution in [3.05, 3.63) is 59.7 Å². The Kier molecular flexibility index (Phi) is 3.31. The molecule has 0 N–H and O–H groups in total. The summed E-state index contributed by atoms with van der Waals surface area (Å²) in [5, 5.41) is 4.49. The highest BCUT2D eigenvalue weighted by Crippen LogP contribution is 2.21. The summed E-state index contributed by atoms with van der Waals surface area (Å²) in [4.78, 5) is 19.5. The standard InChI is InChI=1S/C16H14N4O/c1-11-5-12(2)7-14(6-11)20-9-13(10-21)16(19-20)15-8-17-3-4-18-15/h3-10H,1-2H3. The molecule has 3 aromatic rings. The van der Waals surface area contributed by atoms with Crippen molar-refractivity contribution in [1.29, 1.82) is 0 Å². The van der Waals surface area contributed by atoms with E-state index in [-0.39, 0.29) is 0 Å². The molecule has 5 nitrogen and oxygen atoms in total. The van der Waals surface area contributed by atoms with Gasteiger partial charge in [0.1, 0.15) is 11.4 Å². The van der Waals surface area contributed by atoms with Gasteiger partial charge in [0.25, 0.3) is 0 Å². The SMILES string of the molecule is Cc1cc(C)cc(-n2cc(C=O)c(-c3cnccn3)n2)c1. The summed E-state index contributed by atoms with van der Waals surface area (Å²) >= 11 is 0. The molecule has 0 bridgehead atoms. The predicted octanol–water partition coefficient (Wildman–Crippen LogP) is 2.76. The molecule has 2 heterocycles. The topological polar surface area (TPSA) is 60.7 Å². The van der Waals surface area contributed by atoms with Gasteiger partial charge in [-0.05, 0) is 37.1 Å². The molecule has 0 amide bonds. The number of carbonyl (C=O) groups is 1. The molecule has 104 valence electrons. The smallest absolute Gasteiger partial charge is 0.153 e. The van der Waals surface area contributed by atoms with Gasteiger partial charge >= 0.3 is 0 Å². The molecule has 3 rings (SSSR count). The number of nitrogens with zero attached hydrogens (tertiary/aromatic N) is 4. The van der Waals surface area contributed by atoms with E-state index in [1.54, 1.807) is 29.5 Å². The van der Waals surface area contributed by atoms with Gasteiger partial charge in [-0.25, -0.2) is 4.68 Å². The number of aryl methyl sites for hydroxylation is 2. The fourth-order valence-corrected chi connectivity index (χ4v) is 2.31. The normalized spacial score (nSPS) is 10.6. The van der Waals surface area contributed by atoms with Gasteiger partial charge in [0.15, 0.2) is 6.29 Å². The van der Waals surface area contributed by atoms with E-state index < -0.39 is 0 Å². The predicted molar refractivity (Wildman–Crippen MR) is 79.5 cm³/mol. The molecular weight excluding hydrogens is 264 g/mol. The van der Waals surface area contributed by atoms with Crippen LogP contribution in [-0.4, -0.2) is 26.0 Å². The van der Waals surface area contributed by atoms with Gasteiger partial charge in [-0.2, -0.15) is 5.10 Å². The first-order valence-electron chi connectivity index (χ1n) is 6.57. The van der Waals surface area contributed by atoms with E-state index in [0.717, 1.165) is 23.1 Å². The summed E-state index contributed by atoms with van der Waals surface area (Å²) in [6.45, 7) is 4.06. The minimum absolute atomic E-state index is 0.495. The van der Waals surface area contributed by atoms with E-state index in [1.807, 2.05) is 26.0 Å². The number of hydrogen-bond donors (Lipinski definition) is 0. The van der Waals surface area contributed by atoms with Crippen molar-refractivity contribution < 1.29 is 4.79 Å². The number of rotatable bonds is 3. The first kappa shape index (κ1) is 13.2. The van der Waals surface area contributed by atoms with Gasteiger partial charge in [-0.1, -0.05) is 6.07 Å². The quantitative estimate of drug-likeness (QED) is 0.691. The Morgan fingerprint density at radius 3 is 2.48 bits per heavy atom. The van der Waals surface area contributed by atoms with Gasteiger partial charge in [-0.15, -0.1) is 0 Å². The summed E-state index contributed by atoms with van der Waals surface area (Å²) in [5.74, 6) is 0. The van der Waals surface area contributed by atoms with Crippen LogP contribution in [0.15, 0.2) is 43.0 Å². The summed E-state index contributed by atoms with van der Waals surface area (Å²) in [7, 11) is 0. The molecule has 0 spiro atoms. The minimum Gasteiger partial charge on any atom is -0.298 e. The van der Waals surface area contributed by atoms with Gasteiger partial charge < -0.3 is 0 Å². The van der Waals surface area contributed by atoms with Crippen LogP contribution >= 0.6 is 0 Å². The molecule has 1 aromatic carbocycles. The molecule has 0 unspecified atom stereocenters. The van der Waals surface area contributed by atoms with Gasteiger partial charge in [0.05, 0.1) is 17.4 Å². The fourth-order valence-electron chi connectivity index (χ4n) is 2.31. The second-order valence-electron chi connectivity index (χ2n) is 4.93. The molecule has 0 saturated carbocycles. The van der Waals surface area contributed by atoms with E-state index in [9.17, 15) is 4.79 Å². The van der Waals surface area contributed by atoms with Crippen molar-refractivity contribution in [2.24, 2.45) is 0 Å². The highest BCUT2D eigenvalue weighted by atomic mass is 16.1. The van der Waals surface area contributed by atoms with Crippen LogP contribution in [0.5, 0.6) is 0 Å². The Bertz CT molecular complexity index is 773. The summed E-state index contributed by atoms with van der Waals surface area (Å²) in [6.07, 6.45) is 7.27. The van der Waals surface area contributed by atoms with E-state index in [4.69, 9.17) is 0 Å². The Hall–Kier alpha value is -2.82. The maximum Gasteiger partial charge on any atom is 0.153 e. The highest BCUT2D eigenvalue weighted by molar-refractivity contribution is 5.84. The number of hydrogen-bond acceptors (Lipinski definition) is 4. The molecule has 5 heteroatoms. The third-order valence-corrected chi connectivity index (χ3v) is 3.15. The van der Waals surface area contributed by atoms with Crippen molar-refractivity contribution in [2.75, 3.05) is 0 Å². The van der Waals surface area contributed by atoms with Crippen molar-refractivity contribution in [2.45, 2.75) is 13.8 Å². The van der Waals surface area contributed by atoms with Crippen LogP contribution in [0, 0.1) is 13.8 Å². The van der Waals surface area contributed by atoms with Crippen LogP contribution in [0.25, 0.3) is 17.1 Å². The van der Waals surface area contributed by atoms with E-state index in [2.05, 4.69) is 21.1 Å². The van der Waals surface area contributed by atoms with Crippen molar-refractivity contribution in [1.82, 2.24) is 19.7 Å². The Morgan fingerprint density at radius 2 is 1.86 bits per heavy atom. The molecule has 21 heavy (non-hydrogen) atoms. The van der Waals surface area contributed by atoms with Crippen LogP contribution in [0.4, 0.5) is 0 Å². The van der Waals surface area contributed by atoms with Crippen molar-refractivity contribution >= 4 is 6.29 Å². The fraction of sp³-hybridized carbons (Fsp3) is 0.125. The Morgan fingerprint density at radius 1 is 1.10 bits per heavy atom.